The van der Waals surface area contributed by atoms with E-state index in [2.05, 4.69) is 31.2 Å². The van der Waals surface area contributed by atoms with E-state index in [-0.39, 0.29) is 11.9 Å². The van der Waals surface area contributed by atoms with Crippen LogP contribution in [-0.4, -0.2) is 9.97 Å². The van der Waals surface area contributed by atoms with Crippen LogP contribution in [0, 0.1) is 12.7 Å². The van der Waals surface area contributed by atoms with Gasteiger partial charge in [-0.2, -0.15) is 0 Å². The Morgan fingerprint density at radius 2 is 2.06 bits per heavy atom. The maximum Gasteiger partial charge on any atom is 0.141 e. The number of rotatable bonds is 3. The lowest BCUT2D eigenvalue weighted by molar-refractivity contribution is 0.617. The minimum Gasteiger partial charge on any atom is -0.376 e. The van der Waals surface area contributed by atoms with E-state index in [1.165, 1.54) is 12.3 Å². The molecular weight excluding hydrogens is 297 g/mol. The Kier molecular flexibility index (Phi) is 3.91. The molecule has 0 aliphatic carbocycles. The number of aromatic nitrogens is 2. The second kappa shape index (κ2) is 5.44. The molecule has 1 unspecified atom stereocenters. The quantitative estimate of drug-likeness (QED) is 0.875. The van der Waals surface area contributed by atoms with Crippen LogP contribution in [0.25, 0.3) is 0 Å². The fraction of sp³-hybridized carbons (Fsp3) is 0.231. The van der Waals surface area contributed by atoms with Gasteiger partial charge in [-0.15, -0.1) is 0 Å². The topological polar surface area (TPSA) is 37.8 Å². The molecule has 0 aliphatic rings. The van der Waals surface area contributed by atoms with E-state index < -0.39 is 0 Å². The average molecular weight is 310 g/mol. The minimum absolute atomic E-state index is 0.00650. The summed E-state index contributed by atoms with van der Waals surface area (Å²) in [5, 5.41) is 3.28. The standard InChI is InChI=1S/C13H13BrFN3/c1-8-5-11(7-17-13(8)14)18-9(2)12-4-3-10(15)6-16-12/h3-7,9,18H,1-2H3. The zero-order valence-corrected chi connectivity index (χ0v) is 11.7. The van der Waals surface area contributed by atoms with Gasteiger partial charge in [0.2, 0.25) is 0 Å². The maximum atomic E-state index is 12.8. The number of hydrogen-bond acceptors (Lipinski definition) is 3. The molecule has 0 radical (unpaired) electrons. The molecule has 0 spiro atoms. The third-order valence-corrected chi connectivity index (χ3v) is 3.42. The first-order valence-electron chi connectivity index (χ1n) is 5.56. The highest BCUT2D eigenvalue weighted by Gasteiger charge is 2.08. The summed E-state index contributed by atoms with van der Waals surface area (Å²) in [7, 11) is 0. The van der Waals surface area contributed by atoms with Crippen LogP contribution >= 0.6 is 15.9 Å². The molecule has 2 heterocycles. The van der Waals surface area contributed by atoms with Gasteiger partial charge in [-0.25, -0.2) is 9.37 Å². The third kappa shape index (κ3) is 3.04. The second-order valence-corrected chi connectivity index (χ2v) is 4.85. The van der Waals surface area contributed by atoms with E-state index in [9.17, 15) is 4.39 Å². The molecule has 0 aromatic carbocycles. The van der Waals surface area contributed by atoms with Crippen LogP contribution in [0.1, 0.15) is 24.2 Å². The van der Waals surface area contributed by atoms with Crippen molar-refractivity contribution in [1.82, 2.24) is 9.97 Å². The number of hydrogen-bond donors (Lipinski definition) is 1. The van der Waals surface area contributed by atoms with E-state index >= 15 is 0 Å². The number of nitrogens with one attached hydrogen (secondary N) is 1. The Morgan fingerprint density at radius 3 is 2.67 bits per heavy atom. The van der Waals surface area contributed by atoms with Crippen LogP contribution < -0.4 is 5.32 Å². The molecule has 94 valence electrons. The first-order valence-corrected chi connectivity index (χ1v) is 6.35. The molecule has 3 nitrogen and oxygen atoms in total. The van der Waals surface area contributed by atoms with E-state index in [1.807, 2.05) is 19.9 Å². The van der Waals surface area contributed by atoms with Crippen LogP contribution in [0.5, 0.6) is 0 Å². The Morgan fingerprint density at radius 1 is 1.28 bits per heavy atom. The van der Waals surface area contributed by atoms with Crippen LogP contribution in [0.3, 0.4) is 0 Å². The predicted molar refractivity (Wildman–Crippen MR) is 72.9 cm³/mol. The van der Waals surface area contributed by atoms with E-state index in [0.717, 1.165) is 21.5 Å². The Bertz CT molecular complexity index is 542. The van der Waals surface area contributed by atoms with Crippen molar-refractivity contribution in [2.24, 2.45) is 0 Å². The summed E-state index contributed by atoms with van der Waals surface area (Å²) in [6.07, 6.45) is 2.97. The van der Waals surface area contributed by atoms with Crippen LogP contribution in [0.4, 0.5) is 10.1 Å². The first kappa shape index (κ1) is 13.0. The van der Waals surface area contributed by atoms with Gasteiger partial charge in [-0.1, -0.05) is 0 Å². The lowest BCUT2D eigenvalue weighted by Crippen LogP contribution is -2.09. The zero-order chi connectivity index (χ0) is 13.1. The number of pyridine rings is 2. The van der Waals surface area contributed by atoms with Gasteiger partial charge in [0.1, 0.15) is 10.4 Å². The van der Waals surface area contributed by atoms with Gasteiger partial charge in [-0.3, -0.25) is 4.98 Å². The molecule has 2 aromatic heterocycles. The fourth-order valence-electron chi connectivity index (χ4n) is 1.60. The molecule has 0 saturated heterocycles. The van der Waals surface area contributed by atoms with Crippen molar-refractivity contribution in [3.05, 3.63) is 52.3 Å². The summed E-state index contributed by atoms with van der Waals surface area (Å²) in [6, 6.07) is 5.07. The van der Waals surface area contributed by atoms with Crippen LogP contribution in [-0.2, 0) is 0 Å². The van der Waals surface area contributed by atoms with Crippen molar-refractivity contribution in [3.63, 3.8) is 0 Å². The summed E-state index contributed by atoms with van der Waals surface area (Å²) in [4.78, 5) is 8.26. The minimum atomic E-state index is -0.327. The van der Waals surface area contributed by atoms with Crippen molar-refractivity contribution in [2.75, 3.05) is 5.32 Å². The molecular formula is C13H13BrFN3. The molecule has 0 bridgehead atoms. The molecule has 0 amide bonds. The molecule has 0 aliphatic heterocycles. The largest absolute Gasteiger partial charge is 0.376 e. The predicted octanol–water partition coefficient (Wildman–Crippen LogP) is 3.86. The molecule has 18 heavy (non-hydrogen) atoms. The van der Waals surface area contributed by atoms with Crippen LogP contribution in [0.15, 0.2) is 35.2 Å². The normalized spacial score (nSPS) is 12.2. The van der Waals surface area contributed by atoms with Crippen molar-refractivity contribution in [3.8, 4) is 0 Å². The third-order valence-electron chi connectivity index (χ3n) is 2.59. The first-order chi connectivity index (χ1) is 8.56. The summed E-state index contributed by atoms with van der Waals surface area (Å²) < 4.78 is 13.6. The number of halogens is 2. The van der Waals surface area contributed by atoms with Crippen molar-refractivity contribution >= 4 is 21.6 Å². The van der Waals surface area contributed by atoms with Gasteiger partial charge in [0.25, 0.3) is 0 Å². The molecule has 1 atom stereocenters. The lowest BCUT2D eigenvalue weighted by Gasteiger charge is -2.15. The van der Waals surface area contributed by atoms with E-state index in [4.69, 9.17) is 0 Å². The van der Waals surface area contributed by atoms with Crippen molar-refractivity contribution in [1.29, 1.82) is 0 Å². The van der Waals surface area contributed by atoms with Gasteiger partial charge >= 0.3 is 0 Å². The number of aryl methyl sites for hydroxylation is 1. The summed E-state index contributed by atoms with van der Waals surface area (Å²) >= 11 is 3.36. The summed E-state index contributed by atoms with van der Waals surface area (Å²) in [5.74, 6) is -0.327. The zero-order valence-electron chi connectivity index (χ0n) is 10.1. The monoisotopic (exact) mass is 309 g/mol. The molecule has 2 rings (SSSR count). The summed E-state index contributed by atoms with van der Waals surface area (Å²) in [5.41, 5.74) is 2.76. The Balaban J connectivity index is 2.13. The van der Waals surface area contributed by atoms with Gasteiger partial charge < -0.3 is 5.32 Å². The lowest BCUT2D eigenvalue weighted by atomic mass is 10.2. The molecule has 0 fully saturated rings. The fourth-order valence-corrected chi connectivity index (χ4v) is 1.82. The van der Waals surface area contributed by atoms with Gasteiger partial charge in [0, 0.05) is 0 Å². The molecule has 2 aromatic rings. The molecule has 1 N–H and O–H groups in total. The highest BCUT2D eigenvalue weighted by molar-refractivity contribution is 9.10. The SMILES string of the molecule is Cc1cc(NC(C)c2ccc(F)cn2)cnc1Br. The van der Waals surface area contributed by atoms with E-state index in [0.29, 0.717) is 0 Å². The second-order valence-electron chi connectivity index (χ2n) is 4.10. The summed E-state index contributed by atoms with van der Waals surface area (Å²) in [6.45, 7) is 3.95. The van der Waals surface area contributed by atoms with Gasteiger partial charge in [-0.05, 0) is 53.5 Å². The smallest absolute Gasteiger partial charge is 0.141 e. The Hall–Kier alpha value is -1.49. The number of nitrogens with zero attached hydrogens (tertiary/aromatic N) is 2. The molecule has 5 heteroatoms. The van der Waals surface area contributed by atoms with Crippen molar-refractivity contribution in [2.45, 2.75) is 19.9 Å². The van der Waals surface area contributed by atoms with Gasteiger partial charge in [0.05, 0.1) is 29.8 Å². The Labute approximate surface area is 114 Å². The average Bonchev–Trinajstić information content (AvgIpc) is 2.34. The molecule has 0 saturated carbocycles. The van der Waals surface area contributed by atoms with Crippen molar-refractivity contribution < 1.29 is 4.39 Å². The van der Waals surface area contributed by atoms with Crippen LogP contribution in [0.2, 0.25) is 0 Å². The highest BCUT2D eigenvalue weighted by atomic mass is 79.9. The maximum absolute atomic E-state index is 12.8. The van der Waals surface area contributed by atoms with Gasteiger partial charge in [0.15, 0.2) is 0 Å². The number of anilines is 1. The highest BCUT2D eigenvalue weighted by Crippen LogP contribution is 2.21. The van der Waals surface area contributed by atoms with E-state index in [1.54, 1.807) is 12.3 Å².